The van der Waals surface area contributed by atoms with Gasteiger partial charge in [-0.05, 0) is 18.4 Å². The van der Waals surface area contributed by atoms with Crippen molar-refractivity contribution in [2.75, 3.05) is 6.54 Å². The second kappa shape index (κ2) is 5.29. The average Bonchev–Trinajstić information content (AvgIpc) is 2.80. The van der Waals surface area contributed by atoms with Crippen molar-refractivity contribution in [2.24, 2.45) is 0 Å². The van der Waals surface area contributed by atoms with Crippen LogP contribution in [0.1, 0.15) is 37.4 Å². The van der Waals surface area contributed by atoms with Gasteiger partial charge in [0.25, 0.3) is 0 Å². The minimum absolute atomic E-state index is 0.369. The van der Waals surface area contributed by atoms with Crippen LogP contribution < -0.4 is 5.32 Å². The number of hydrogen-bond acceptors (Lipinski definition) is 2. The van der Waals surface area contributed by atoms with Crippen LogP contribution in [0.3, 0.4) is 0 Å². The van der Waals surface area contributed by atoms with Gasteiger partial charge in [-0.15, -0.1) is 0 Å². The molecular weight excluding hydrogens is 186 g/mol. The normalized spacial score (nSPS) is 19.3. The van der Waals surface area contributed by atoms with Crippen molar-refractivity contribution in [1.29, 1.82) is 0 Å². The summed E-state index contributed by atoms with van der Waals surface area (Å²) in [5, 5.41) is 13.3. The predicted octanol–water partition coefficient (Wildman–Crippen LogP) is 2.25. The summed E-state index contributed by atoms with van der Waals surface area (Å²) < 4.78 is 0. The smallest absolute Gasteiger partial charge is 0.0914 e. The highest BCUT2D eigenvalue weighted by Crippen LogP contribution is 2.18. The molecule has 0 unspecified atom stereocenters. The fourth-order valence-electron chi connectivity index (χ4n) is 2.20. The van der Waals surface area contributed by atoms with E-state index in [9.17, 15) is 5.11 Å². The first-order valence-corrected chi connectivity index (χ1v) is 5.82. The zero-order valence-corrected chi connectivity index (χ0v) is 9.02. The van der Waals surface area contributed by atoms with Gasteiger partial charge < -0.3 is 10.4 Å². The first-order chi connectivity index (χ1) is 7.36. The standard InChI is InChI=1S/C13H19NO/c15-13(11-6-2-1-3-7-11)10-14-12-8-4-5-9-12/h1-3,6-7,12-15H,4-5,8-10H2/t13-/m1/s1. The van der Waals surface area contributed by atoms with Crippen LogP contribution in [0.2, 0.25) is 0 Å². The molecule has 1 fully saturated rings. The van der Waals surface area contributed by atoms with Gasteiger partial charge in [0, 0.05) is 12.6 Å². The van der Waals surface area contributed by atoms with E-state index in [1.54, 1.807) is 0 Å². The minimum Gasteiger partial charge on any atom is -0.387 e. The van der Waals surface area contributed by atoms with Crippen molar-refractivity contribution >= 4 is 0 Å². The third-order valence-corrected chi connectivity index (χ3v) is 3.14. The van der Waals surface area contributed by atoms with Crippen LogP contribution in [-0.2, 0) is 0 Å². The number of aliphatic hydroxyl groups is 1. The van der Waals surface area contributed by atoms with E-state index < -0.39 is 0 Å². The minimum atomic E-state index is -0.369. The molecule has 1 aliphatic rings. The Bertz CT molecular complexity index is 280. The van der Waals surface area contributed by atoms with Crippen LogP contribution >= 0.6 is 0 Å². The number of hydrogen-bond donors (Lipinski definition) is 2. The van der Waals surface area contributed by atoms with E-state index in [1.807, 2.05) is 30.3 Å². The fourth-order valence-corrected chi connectivity index (χ4v) is 2.20. The molecule has 0 spiro atoms. The molecule has 1 saturated carbocycles. The zero-order valence-electron chi connectivity index (χ0n) is 9.02. The van der Waals surface area contributed by atoms with Crippen LogP contribution in [0.15, 0.2) is 30.3 Å². The lowest BCUT2D eigenvalue weighted by Crippen LogP contribution is -2.30. The first-order valence-electron chi connectivity index (χ1n) is 5.82. The van der Waals surface area contributed by atoms with Gasteiger partial charge in [-0.3, -0.25) is 0 Å². The maximum absolute atomic E-state index is 9.92. The van der Waals surface area contributed by atoms with Crippen molar-refractivity contribution in [3.05, 3.63) is 35.9 Å². The topological polar surface area (TPSA) is 32.3 Å². The van der Waals surface area contributed by atoms with E-state index in [-0.39, 0.29) is 6.10 Å². The molecule has 2 nitrogen and oxygen atoms in total. The van der Waals surface area contributed by atoms with Crippen LogP contribution in [0.25, 0.3) is 0 Å². The number of nitrogens with one attached hydrogen (secondary N) is 1. The quantitative estimate of drug-likeness (QED) is 0.790. The Labute approximate surface area is 91.3 Å². The summed E-state index contributed by atoms with van der Waals surface area (Å²) in [4.78, 5) is 0. The molecular formula is C13H19NO. The lowest BCUT2D eigenvalue weighted by atomic mass is 10.1. The van der Waals surface area contributed by atoms with Crippen molar-refractivity contribution in [3.8, 4) is 0 Å². The van der Waals surface area contributed by atoms with Gasteiger partial charge in [0.15, 0.2) is 0 Å². The molecule has 0 saturated heterocycles. The lowest BCUT2D eigenvalue weighted by Gasteiger charge is -2.16. The van der Waals surface area contributed by atoms with E-state index in [1.165, 1.54) is 25.7 Å². The van der Waals surface area contributed by atoms with E-state index in [4.69, 9.17) is 0 Å². The van der Waals surface area contributed by atoms with Crippen LogP contribution in [0.5, 0.6) is 0 Å². The van der Waals surface area contributed by atoms with Gasteiger partial charge in [-0.2, -0.15) is 0 Å². The Morgan fingerprint density at radius 2 is 1.87 bits per heavy atom. The summed E-state index contributed by atoms with van der Waals surface area (Å²) in [6.07, 6.45) is 4.83. The summed E-state index contributed by atoms with van der Waals surface area (Å²) in [5.41, 5.74) is 1.00. The molecule has 1 aromatic carbocycles. The highest BCUT2D eigenvalue weighted by molar-refractivity contribution is 5.17. The van der Waals surface area contributed by atoms with E-state index in [2.05, 4.69) is 5.32 Å². The molecule has 0 aliphatic heterocycles. The molecule has 0 bridgehead atoms. The summed E-state index contributed by atoms with van der Waals surface area (Å²) in [6, 6.07) is 10.5. The summed E-state index contributed by atoms with van der Waals surface area (Å²) >= 11 is 0. The predicted molar refractivity (Wildman–Crippen MR) is 61.7 cm³/mol. The maximum Gasteiger partial charge on any atom is 0.0914 e. The highest BCUT2D eigenvalue weighted by atomic mass is 16.3. The third kappa shape index (κ3) is 3.05. The van der Waals surface area contributed by atoms with Gasteiger partial charge in [0.05, 0.1) is 6.10 Å². The van der Waals surface area contributed by atoms with Crippen LogP contribution in [0.4, 0.5) is 0 Å². The molecule has 2 heteroatoms. The second-order valence-electron chi connectivity index (χ2n) is 4.32. The molecule has 2 N–H and O–H groups in total. The lowest BCUT2D eigenvalue weighted by molar-refractivity contribution is 0.170. The van der Waals surface area contributed by atoms with E-state index in [0.717, 1.165) is 5.56 Å². The first kappa shape index (κ1) is 10.7. The van der Waals surface area contributed by atoms with Crippen molar-refractivity contribution in [1.82, 2.24) is 5.32 Å². The SMILES string of the molecule is O[C@H](CNC1CCCC1)c1ccccc1. The van der Waals surface area contributed by atoms with Crippen LogP contribution in [-0.4, -0.2) is 17.7 Å². The van der Waals surface area contributed by atoms with Crippen molar-refractivity contribution in [3.63, 3.8) is 0 Å². The van der Waals surface area contributed by atoms with E-state index >= 15 is 0 Å². The van der Waals surface area contributed by atoms with E-state index in [0.29, 0.717) is 12.6 Å². The summed E-state index contributed by atoms with van der Waals surface area (Å²) in [6.45, 7) is 0.675. The molecule has 1 aromatic rings. The van der Waals surface area contributed by atoms with Gasteiger partial charge in [0.2, 0.25) is 0 Å². The summed E-state index contributed by atoms with van der Waals surface area (Å²) in [7, 11) is 0. The van der Waals surface area contributed by atoms with Crippen molar-refractivity contribution in [2.45, 2.75) is 37.8 Å². The third-order valence-electron chi connectivity index (χ3n) is 3.14. The maximum atomic E-state index is 9.92. The highest BCUT2D eigenvalue weighted by Gasteiger charge is 2.15. The Morgan fingerprint density at radius 1 is 1.20 bits per heavy atom. The van der Waals surface area contributed by atoms with Gasteiger partial charge >= 0.3 is 0 Å². The second-order valence-corrected chi connectivity index (χ2v) is 4.32. The zero-order chi connectivity index (χ0) is 10.5. The Balaban J connectivity index is 1.79. The molecule has 15 heavy (non-hydrogen) atoms. The molecule has 82 valence electrons. The average molecular weight is 205 g/mol. The summed E-state index contributed by atoms with van der Waals surface area (Å²) in [5.74, 6) is 0. The molecule has 1 aliphatic carbocycles. The van der Waals surface area contributed by atoms with Crippen molar-refractivity contribution < 1.29 is 5.11 Å². The molecule has 1 atom stereocenters. The number of rotatable bonds is 4. The Hall–Kier alpha value is -0.860. The van der Waals surface area contributed by atoms with Gasteiger partial charge in [0.1, 0.15) is 0 Å². The number of benzene rings is 1. The molecule has 0 aromatic heterocycles. The largest absolute Gasteiger partial charge is 0.387 e. The monoisotopic (exact) mass is 205 g/mol. The van der Waals surface area contributed by atoms with Crippen LogP contribution in [0, 0.1) is 0 Å². The molecule has 0 radical (unpaired) electrons. The molecule has 2 rings (SSSR count). The Kier molecular flexibility index (Phi) is 3.75. The Morgan fingerprint density at radius 3 is 2.53 bits per heavy atom. The van der Waals surface area contributed by atoms with Gasteiger partial charge in [-0.1, -0.05) is 43.2 Å². The fraction of sp³-hybridized carbons (Fsp3) is 0.538. The van der Waals surface area contributed by atoms with Gasteiger partial charge in [-0.25, -0.2) is 0 Å². The molecule has 0 heterocycles. The molecule has 0 amide bonds. The number of aliphatic hydroxyl groups excluding tert-OH is 1.